The molecule has 1 aromatic carbocycles. The Hall–Kier alpha value is -1.57. The van der Waals surface area contributed by atoms with Gasteiger partial charge < -0.3 is 0 Å². The summed E-state index contributed by atoms with van der Waals surface area (Å²) < 4.78 is 40.7. The van der Waals surface area contributed by atoms with Gasteiger partial charge >= 0.3 is 0 Å². The molecule has 0 aliphatic heterocycles. The van der Waals surface area contributed by atoms with Crippen molar-refractivity contribution in [3.63, 3.8) is 0 Å². The Labute approximate surface area is 151 Å². The lowest BCUT2D eigenvalue weighted by Crippen LogP contribution is -2.34. The molecule has 0 radical (unpaired) electrons. The van der Waals surface area contributed by atoms with E-state index in [1.165, 1.54) is 29.4 Å². The van der Waals surface area contributed by atoms with Crippen LogP contribution in [0.25, 0.3) is 0 Å². The molecule has 2 aromatic rings. The molecule has 0 atom stereocenters. The van der Waals surface area contributed by atoms with E-state index < -0.39 is 10.0 Å². The van der Waals surface area contributed by atoms with E-state index in [-0.39, 0.29) is 15.8 Å². The summed E-state index contributed by atoms with van der Waals surface area (Å²) in [6.45, 7) is 2.27. The van der Waals surface area contributed by atoms with Crippen molar-refractivity contribution in [2.75, 3.05) is 13.1 Å². The SMILES string of the molecule is CC(=O)c1ccc(S(=O)(=O)N(CCc2ccc(F)cc2)CC2CC2)s1. The fourth-order valence-electron chi connectivity index (χ4n) is 2.58. The van der Waals surface area contributed by atoms with E-state index in [1.807, 2.05) is 0 Å². The predicted octanol–water partition coefficient (Wildman–Crippen LogP) is 3.73. The standard InChI is InChI=1S/C18H20FNO3S2/c1-13(21)17-8-9-18(24-17)25(22,23)20(12-15-2-3-15)11-10-14-4-6-16(19)7-5-14/h4-9,15H,2-3,10-12H2,1H3. The summed E-state index contributed by atoms with van der Waals surface area (Å²) in [5.74, 6) is -0.0247. The Morgan fingerprint density at radius 3 is 2.44 bits per heavy atom. The van der Waals surface area contributed by atoms with Gasteiger partial charge in [0.2, 0.25) is 0 Å². The minimum atomic E-state index is -3.62. The summed E-state index contributed by atoms with van der Waals surface area (Å²) in [6, 6.07) is 9.19. The second-order valence-electron chi connectivity index (χ2n) is 6.36. The first-order valence-corrected chi connectivity index (χ1v) is 10.5. The smallest absolute Gasteiger partial charge is 0.252 e. The molecular formula is C18H20FNO3S2. The molecule has 0 amide bonds. The van der Waals surface area contributed by atoms with Gasteiger partial charge in [-0.3, -0.25) is 4.79 Å². The van der Waals surface area contributed by atoms with E-state index in [4.69, 9.17) is 0 Å². The molecule has 1 heterocycles. The summed E-state index contributed by atoms with van der Waals surface area (Å²) in [5, 5.41) is 0. The van der Waals surface area contributed by atoms with E-state index in [0.29, 0.717) is 30.3 Å². The van der Waals surface area contributed by atoms with Crippen LogP contribution in [0.5, 0.6) is 0 Å². The number of hydrogen-bond donors (Lipinski definition) is 0. The fraction of sp³-hybridized carbons (Fsp3) is 0.389. The number of ketones is 1. The summed E-state index contributed by atoms with van der Waals surface area (Å²) in [5.41, 5.74) is 0.896. The molecule has 1 fully saturated rings. The number of thiophene rings is 1. The topological polar surface area (TPSA) is 54.5 Å². The number of halogens is 1. The molecule has 0 spiro atoms. The third kappa shape index (κ3) is 4.54. The van der Waals surface area contributed by atoms with Crippen LogP contribution < -0.4 is 0 Å². The first-order chi connectivity index (χ1) is 11.9. The molecule has 25 heavy (non-hydrogen) atoms. The van der Waals surface area contributed by atoms with Gasteiger partial charge in [0.05, 0.1) is 4.88 Å². The molecule has 0 bridgehead atoms. The molecule has 1 saturated carbocycles. The first kappa shape index (κ1) is 18.2. The Kier molecular flexibility index (Phi) is 5.36. The van der Waals surface area contributed by atoms with Crippen LogP contribution >= 0.6 is 11.3 Å². The maximum Gasteiger partial charge on any atom is 0.252 e. The van der Waals surface area contributed by atoms with Crippen molar-refractivity contribution in [2.45, 2.75) is 30.4 Å². The zero-order valence-corrected chi connectivity index (χ0v) is 15.6. The van der Waals surface area contributed by atoms with Gasteiger partial charge in [-0.2, -0.15) is 4.31 Å². The van der Waals surface area contributed by atoms with Crippen molar-refractivity contribution in [1.82, 2.24) is 4.31 Å². The van der Waals surface area contributed by atoms with Gasteiger partial charge in [-0.1, -0.05) is 12.1 Å². The highest BCUT2D eigenvalue weighted by molar-refractivity contribution is 7.91. The van der Waals surface area contributed by atoms with Crippen molar-refractivity contribution < 1.29 is 17.6 Å². The van der Waals surface area contributed by atoms with Crippen molar-refractivity contribution in [3.05, 3.63) is 52.7 Å². The van der Waals surface area contributed by atoms with Gasteiger partial charge in [-0.25, -0.2) is 12.8 Å². The summed E-state index contributed by atoms with van der Waals surface area (Å²) in [7, 11) is -3.62. The van der Waals surface area contributed by atoms with E-state index in [2.05, 4.69) is 0 Å². The number of Topliss-reactive ketones (excluding diaryl/α,β-unsaturated/α-hetero) is 1. The van der Waals surface area contributed by atoms with Gasteiger partial charge in [-0.05, 0) is 61.9 Å². The molecule has 0 N–H and O–H groups in total. The van der Waals surface area contributed by atoms with Crippen LogP contribution in [0.2, 0.25) is 0 Å². The average molecular weight is 381 g/mol. The van der Waals surface area contributed by atoms with Crippen LogP contribution in [-0.4, -0.2) is 31.6 Å². The van der Waals surface area contributed by atoms with Crippen LogP contribution in [-0.2, 0) is 16.4 Å². The second kappa shape index (κ2) is 7.35. The van der Waals surface area contributed by atoms with Crippen LogP contribution in [0.15, 0.2) is 40.6 Å². The average Bonchev–Trinajstić information content (AvgIpc) is 3.23. The number of sulfonamides is 1. The molecule has 3 rings (SSSR count). The first-order valence-electron chi connectivity index (χ1n) is 8.21. The van der Waals surface area contributed by atoms with Crippen LogP contribution in [0.3, 0.4) is 0 Å². The molecule has 1 aromatic heterocycles. The lowest BCUT2D eigenvalue weighted by molar-refractivity contribution is 0.102. The van der Waals surface area contributed by atoms with Gasteiger partial charge in [-0.15, -0.1) is 11.3 Å². The quantitative estimate of drug-likeness (QED) is 0.655. The monoisotopic (exact) mass is 381 g/mol. The maximum absolute atomic E-state index is 13.0. The highest BCUT2D eigenvalue weighted by Gasteiger charge is 2.32. The number of carbonyl (C=O) groups excluding carboxylic acids is 1. The molecule has 0 saturated heterocycles. The van der Waals surface area contributed by atoms with Crippen molar-refractivity contribution in [1.29, 1.82) is 0 Å². The highest BCUT2D eigenvalue weighted by atomic mass is 32.2. The largest absolute Gasteiger partial charge is 0.294 e. The molecule has 134 valence electrons. The Bertz CT molecular complexity index is 855. The Morgan fingerprint density at radius 1 is 1.20 bits per heavy atom. The summed E-state index contributed by atoms with van der Waals surface area (Å²) in [4.78, 5) is 11.9. The van der Waals surface area contributed by atoms with Crippen LogP contribution in [0, 0.1) is 11.7 Å². The molecule has 0 unspecified atom stereocenters. The molecular weight excluding hydrogens is 361 g/mol. The molecule has 7 heteroatoms. The van der Waals surface area contributed by atoms with E-state index in [0.717, 1.165) is 29.7 Å². The van der Waals surface area contributed by atoms with E-state index in [9.17, 15) is 17.6 Å². The summed E-state index contributed by atoms with van der Waals surface area (Å²) >= 11 is 1.02. The lowest BCUT2D eigenvalue weighted by atomic mass is 10.1. The van der Waals surface area contributed by atoms with Gasteiger partial charge in [0, 0.05) is 13.1 Å². The van der Waals surface area contributed by atoms with Crippen molar-refractivity contribution in [2.24, 2.45) is 5.92 Å². The maximum atomic E-state index is 13.0. The highest BCUT2D eigenvalue weighted by Crippen LogP contribution is 2.33. The second-order valence-corrected chi connectivity index (χ2v) is 9.61. The number of hydrogen-bond acceptors (Lipinski definition) is 4. The molecule has 4 nitrogen and oxygen atoms in total. The van der Waals surface area contributed by atoms with Crippen LogP contribution in [0.1, 0.15) is 35.0 Å². The normalized spacial score (nSPS) is 14.8. The van der Waals surface area contributed by atoms with Gasteiger partial charge in [0.15, 0.2) is 5.78 Å². The zero-order valence-electron chi connectivity index (χ0n) is 13.9. The van der Waals surface area contributed by atoms with Crippen molar-refractivity contribution in [3.8, 4) is 0 Å². The minimum Gasteiger partial charge on any atom is -0.294 e. The van der Waals surface area contributed by atoms with Gasteiger partial charge in [0.25, 0.3) is 10.0 Å². The third-order valence-electron chi connectivity index (χ3n) is 4.24. The summed E-state index contributed by atoms with van der Waals surface area (Å²) in [6.07, 6.45) is 2.62. The van der Waals surface area contributed by atoms with Crippen molar-refractivity contribution >= 4 is 27.1 Å². The number of rotatable bonds is 8. The Morgan fingerprint density at radius 2 is 1.88 bits per heavy atom. The van der Waals surface area contributed by atoms with Crippen LogP contribution in [0.4, 0.5) is 4.39 Å². The number of carbonyl (C=O) groups is 1. The van der Waals surface area contributed by atoms with Gasteiger partial charge in [0.1, 0.15) is 10.0 Å². The molecule has 1 aliphatic carbocycles. The third-order valence-corrected chi connectivity index (χ3v) is 7.76. The number of benzene rings is 1. The zero-order chi connectivity index (χ0) is 18.0. The fourth-order valence-corrected chi connectivity index (χ4v) is 5.45. The predicted molar refractivity (Wildman–Crippen MR) is 95.9 cm³/mol. The Balaban J connectivity index is 1.78. The van der Waals surface area contributed by atoms with E-state index >= 15 is 0 Å². The van der Waals surface area contributed by atoms with E-state index in [1.54, 1.807) is 18.2 Å². The minimum absolute atomic E-state index is 0.133. The number of nitrogens with zero attached hydrogens (tertiary/aromatic N) is 1. The lowest BCUT2D eigenvalue weighted by Gasteiger charge is -2.21. The molecule has 1 aliphatic rings.